The van der Waals surface area contributed by atoms with Gasteiger partial charge in [-0.05, 0) is 31.4 Å². The highest BCUT2D eigenvalue weighted by Gasteiger charge is 2.38. The molecule has 1 aromatic rings. The molecule has 94 valence electrons. The molecule has 1 rings (SSSR count). The summed E-state index contributed by atoms with van der Waals surface area (Å²) in [5.41, 5.74) is -1.34. The SMILES string of the molecule is CC(C)C(C)(Cc1c(F)cccc1F)C(=O)O. The molecule has 0 radical (unpaired) electrons. The lowest BCUT2D eigenvalue weighted by atomic mass is 9.74. The van der Waals surface area contributed by atoms with Gasteiger partial charge in [0.2, 0.25) is 0 Å². The van der Waals surface area contributed by atoms with E-state index < -0.39 is 23.0 Å². The molecule has 0 saturated heterocycles. The first-order chi connectivity index (χ1) is 7.79. The number of carboxylic acids is 1. The number of carbonyl (C=O) groups is 1. The molecule has 1 unspecified atom stereocenters. The van der Waals surface area contributed by atoms with Crippen LogP contribution in [-0.4, -0.2) is 11.1 Å². The molecule has 2 nitrogen and oxygen atoms in total. The maximum atomic E-state index is 13.5. The molecule has 1 N–H and O–H groups in total. The van der Waals surface area contributed by atoms with Crippen LogP contribution in [0.5, 0.6) is 0 Å². The van der Waals surface area contributed by atoms with E-state index in [1.54, 1.807) is 13.8 Å². The number of hydrogen-bond acceptors (Lipinski definition) is 1. The van der Waals surface area contributed by atoms with Gasteiger partial charge in [0.1, 0.15) is 11.6 Å². The Bertz CT molecular complexity index is 409. The van der Waals surface area contributed by atoms with Crippen molar-refractivity contribution in [3.8, 4) is 0 Å². The molecule has 0 amide bonds. The van der Waals surface area contributed by atoms with E-state index >= 15 is 0 Å². The standard InChI is InChI=1S/C13H16F2O2/c1-8(2)13(3,12(16)17)7-9-10(14)5-4-6-11(9)15/h4-6,8H,7H2,1-3H3,(H,16,17). The van der Waals surface area contributed by atoms with Gasteiger partial charge < -0.3 is 5.11 Å². The monoisotopic (exact) mass is 242 g/mol. The summed E-state index contributed by atoms with van der Waals surface area (Å²) in [5.74, 6) is -2.66. The Morgan fingerprint density at radius 2 is 1.82 bits per heavy atom. The number of benzene rings is 1. The second-order valence-electron chi connectivity index (χ2n) is 4.75. The van der Waals surface area contributed by atoms with Gasteiger partial charge in [0.05, 0.1) is 5.41 Å². The van der Waals surface area contributed by atoms with Crippen LogP contribution in [0.15, 0.2) is 18.2 Å². The molecule has 4 heteroatoms. The normalized spacial score (nSPS) is 14.7. The molecule has 0 saturated carbocycles. The Kier molecular flexibility index (Phi) is 3.86. The van der Waals surface area contributed by atoms with E-state index in [1.165, 1.54) is 13.0 Å². The third-order valence-corrected chi connectivity index (χ3v) is 3.37. The van der Waals surface area contributed by atoms with Crippen molar-refractivity contribution in [1.82, 2.24) is 0 Å². The van der Waals surface area contributed by atoms with Crippen LogP contribution in [0, 0.1) is 23.0 Å². The predicted octanol–water partition coefficient (Wildman–Crippen LogP) is 3.25. The number of aliphatic carboxylic acids is 1. The van der Waals surface area contributed by atoms with Crippen molar-refractivity contribution >= 4 is 5.97 Å². The van der Waals surface area contributed by atoms with Gasteiger partial charge in [0.15, 0.2) is 0 Å². The van der Waals surface area contributed by atoms with Gasteiger partial charge in [-0.15, -0.1) is 0 Å². The molecule has 0 spiro atoms. The Labute approximate surface area is 99.3 Å². The number of rotatable bonds is 4. The summed E-state index contributed by atoms with van der Waals surface area (Å²) in [4.78, 5) is 11.2. The quantitative estimate of drug-likeness (QED) is 0.879. The fourth-order valence-electron chi connectivity index (χ4n) is 1.60. The van der Waals surface area contributed by atoms with E-state index in [2.05, 4.69) is 0 Å². The minimum absolute atomic E-state index is 0.154. The first kappa shape index (κ1) is 13.6. The minimum atomic E-state index is -1.18. The Morgan fingerprint density at radius 3 is 2.18 bits per heavy atom. The summed E-state index contributed by atoms with van der Waals surface area (Å²) >= 11 is 0. The van der Waals surface area contributed by atoms with Crippen LogP contribution in [0.1, 0.15) is 26.3 Å². The fraction of sp³-hybridized carbons (Fsp3) is 0.462. The molecule has 0 aliphatic carbocycles. The van der Waals surface area contributed by atoms with Crippen molar-refractivity contribution in [2.75, 3.05) is 0 Å². The Morgan fingerprint density at radius 1 is 1.35 bits per heavy atom. The van der Waals surface area contributed by atoms with Crippen molar-refractivity contribution in [2.45, 2.75) is 27.2 Å². The average Bonchev–Trinajstić information content (AvgIpc) is 2.22. The van der Waals surface area contributed by atoms with E-state index in [1.807, 2.05) is 0 Å². The lowest BCUT2D eigenvalue weighted by Crippen LogP contribution is -2.36. The summed E-state index contributed by atoms with van der Waals surface area (Å²) in [5, 5.41) is 9.20. The highest BCUT2D eigenvalue weighted by atomic mass is 19.1. The Hall–Kier alpha value is -1.45. The van der Waals surface area contributed by atoms with Crippen molar-refractivity contribution in [3.63, 3.8) is 0 Å². The molecule has 1 atom stereocenters. The maximum Gasteiger partial charge on any atom is 0.309 e. The summed E-state index contributed by atoms with van der Waals surface area (Å²) < 4.78 is 26.9. The van der Waals surface area contributed by atoms with Gasteiger partial charge in [0, 0.05) is 5.56 Å². The molecular weight excluding hydrogens is 226 g/mol. The van der Waals surface area contributed by atoms with E-state index in [9.17, 15) is 18.7 Å². The molecular formula is C13H16F2O2. The minimum Gasteiger partial charge on any atom is -0.481 e. The number of carboxylic acid groups (broad SMARTS) is 1. The zero-order chi connectivity index (χ0) is 13.2. The summed E-state index contributed by atoms with van der Waals surface area (Å²) in [6, 6.07) is 3.55. The maximum absolute atomic E-state index is 13.5. The first-order valence-corrected chi connectivity index (χ1v) is 5.45. The molecule has 0 aromatic heterocycles. The van der Waals surface area contributed by atoms with Crippen LogP contribution >= 0.6 is 0 Å². The third-order valence-electron chi connectivity index (χ3n) is 3.37. The van der Waals surface area contributed by atoms with Crippen molar-refractivity contribution in [2.24, 2.45) is 11.3 Å². The predicted molar refractivity (Wildman–Crippen MR) is 60.6 cm³/mol. The van der Waals surface area contributed by atoms with Crippen LogP contribution in [0.3, 0.4) is 0 Å². The van der Waals surface area contributed by atoms with E-state index in [-0.39, 0.29) is 17.9 Å². The van der Waals surface area contributed by atoms with E-state index in [0.29, 0.717) is 0 Å². The van der Waals surface area contributed by atoms with Crippen LogP contribution in [0.25, 0.3) is 0 Å². The highest BCUT2D eigenvalue weighted by Crippen LogP contribution is 2.33. The second kappa shape index (κ2) is 4.82. The van der Waals surface area contributed by atoms with Crippen molar-refractivity contribution in [1.29, 1.82) is 0 Å². The summed E-state index contributed by atoms with van der Waals surface area (Å²) in [6.45, 7) is 4.96. The van der Waals surface area contributed by atoms with Crippen LogP contribution in [0.4, 0.5) is 8.78 Å². The van der Waals surface area contributed by atoms with Crippen LogP contribution in [-0.2, 0) is 11.2 Å². The molecule has 0 fully saturated rings. The molecule has 0 aliphatic rings. The van der Waals surface area contributed by atoms with Crippen molar-refractivity contribution < 1.29 is 18.7 Å². The second-order valence-corrected chi connectivity index (χ2v) is 4.75. The van der Waals surface area contributed by atoms with Gasteiger partial charge in [-0.25, -0.2) is 8.78 Å². The van der Waals surface area contributed by atoms with E-state index in [0.717, 1.165) is 12.1 Å². The third kappa shape index (κ3) is 2.62. The number of halogens is 2. The summed E-state index contributed by atoms with van der Waals surface area (Å²) in [7, 11) is 0. The first-order valence-electron chi connectivity index (χ1n) is 5.45. The van der Waals surface area contributed by atoms with Gasteiger partial charge >= 0.3 is 5.97 Å². The highest BCUT2D eigenvalue weighted by molar-refractivity contribution is 5.75. The fourth-order valence-corrected chi connectivity index (χ4v) is 1.60. The lowest BCUT2D eigenvalue weighted by molar-refractivity contribution is -0.150. The van der Waals surface area contributed by atoms with E-state index in [4.69, 9.17) is 0 Å². The molecule has 17 heavy (non-hydrogen) atoms. The zero-order valence-corrected chi connectivity index (χ0v) is 10.1. The molecule has 1 aromatic carbocycles. The van der Waals surface area contributed by atoms with Crippen LogP contribution in [0.2, 0.25) is 0 Å². The van der Waals surface area contributed by atoms with Crippen LogP contribution < -0.4 is 0 Å². The van der Waals surface area contributed by atoms with Gasteiger partial charge in [-0.3, -0.25) is 4.79 Å². The van der Waals surface area contributed by atoms with Gasteiger partial charge in [-0.2, -0.15) is 0 Å². The van der Waals surface area contributed by atoms with Gasteiger partial charge in [0.25, 0.3) is 0 Å². The van der Waals surface area contributed by atoms with Gasteiger partial charge in [-0.1, -0.05) is 19.9 Å². The molecule has 0 aliphatic heterocycles. The smallest absolute Gasteiger partial charge is 0.309 e. The molecule has 0 bridgehead atoms. The largest absolute Gasteiger partial charge is 0.481 e. The summed E-state index contributed by atoms with van der Waals surface area (Å²) in [6.07, 6.45) is -0.154. The topological polar surface area (TPSA) is 37.3 Å². The zero-order valence-electron chi connectivity index (χ0n) is 10.1. The number of hydrogen-bond donors (Lipinski definition) is 1. The Balaban J connectivity index is 3.15. The molecule has 0 heterocycles. The lowest BCUT2D eigenvalue weighted by Gasteiger charge is -2.29. The average molecular weight is 242 g/mol. The van der Waals surface area contributed by atoms with Crippen molar-refractivity contribution in [3.05, 3.63) is 35.4 Å².